The number of nitrogens with zero attached hydrogens (tertiary/aromatic N) is 1. The Labute approximate surface area is 95.1 Å². The Balaban J connectivity index is 2.26. The quantitative estimate of drug-likeness (QED) is 0.852. The fourth-order valence-electron chi connectivity index (χ4n) is 1.53. The molecule has 3 heteroatoms. The lowest BCUT2D eigenvalue weighted by atomic mass is 10.2. The minimum absolute atomic E-state index is 0.823. The molecule has 0 saturated heterocycles. The summed E-state index contributed by atoms with van der Waals surface area (Å²) in [6, 6.07) is 9.85. The minimum Gasteiger partial charge on any atom is -0.495 e. The third kappa shape index (κ3) is 2.31. The van der Waals surface area contributed by atoms with Crippen molar-refractivity contribution in [3.8, 4) is 5.75 Å². The van der Waals surface area contributed by atoms with Gasteiger partial charge in [-0.15, -0.1) is 0 Å². The van der Waals surface area contributed by atoms with Gasteiger partial charge in [0.25, 0.3) is 0 Å². The summed E-state index contributed by atoms with van der Waals surface area (Å²) >= 11 is 0. The van der Waals surface area contributed by atoms with E-state index in [9.17, 15) is 0 Å². The van der Waals surface area contributed by atoms with Gasteiger partial charge in [0.1, 0.15) is 5.75 Å². The van der Waals surface area contributed by atoms with Crippen LogP contribution in [-0.4, -0.2) is 12.1 Å². The fraction of sp³-hybridized carbons (Fsp3) is 0.154. The molecule has 0 atom stereocenters. The highest BCUT2D eigenvalue weighted by Crippen LogP contribution is 2.26. The van der Waals surface area contributed by atoms with Crippen LogP contribution in [0.15, 0.2) is 42.7 Å². The first-order chi connectivity index (χ1) is 7.79. The van der Waals surface area contributed by atoms with Gasteiger partial charge in [-0.3, -0.25) is 4.98 Å². The molecular weight excluding hydrogens is 200 g/mol. The van der Waals surface area contributed by atoms with Gasteiger partial charge in [-0.25, -0.2) is 0 Å². The number of nitrogens with one attached hydrogen (secondary N) is 1. The van der Waals surface area contributed by atoms with Crippen LogP contribution in [0.2, 0.25) is 0 Å². The molecule has 1 aromatic heterocycles. The third-order valence-electron chi connectivity index (χ3n) is 2.26. The van der Waals surface area contributed by atoms with Crippen molar-refractivity contribution in [2.24, 2.45) is 0 Å². The van der Waals surface area contributed by atoms with E-state index in [0.29, 0.717) is 0 Å². The van der Waals surface area contributed by atoms with E-state index >= 15 is 0 Å². The molecule has 2 rings (SSSR count). The zero-order chi connectivity index (χ0) is 11.4. The number of rotatable bonds is 3. The Morgan fingerprint density at radius 3 is 2.75 bits per heavy atom. The van der Waals surface area contributed by atoms with Crippen molar-refractivity contribution in [2.75, 3.05) is 12.4 Å². The number of ether oxygens (including phenoxy) is 1. The van der Waals surface area contributed by atoms with E-state index in [1.165, 1.54) is 0 Å². The topological polar surface area (TPSA) is 34.1 Å². The van der Waals surface area contributed by atoms with Gasteiger partial charge in [0.05, 0.1) is 24.7 Å². The number of hydrogen-bond donors (Lipinski definition) is 1. The van der Waals surface area contributed by atoms with Crippen LogP contribution < -0.4 is 10.1 Å². The molecule has 82 valence electrons. The average molecular weight is 214 g/mol. The summed E-state index contributed by atoms with van der Waals surface area (Å²) in [5.74, 6) is 0.823. The Kier molecular flexibility index (Phi) is 3.05. The van der Waals surface area contributed by atoms with Gasteiger partial charge in [0.2, 0.25) is 0 Å². The third-order valence-corrected chi connectivity index (χ3v) is 2.26. The van der Waals surface area contributed by atoms with E-state index in [-0.39, 0.29) is 0 Å². The number of hydrogen-bond acceptors (Lipinski definition) is 3. The van der Waals surface area contributed by atoms with Gasteiger partial charge in [0, 0.05) is 6.20 Å². The highest BCUT2D eigenvalue weighted by atomic mass is 16.5. The highest BCUT2D eigenvalue weighted by molar-refractivity contribution is 5.65. The summed E-state index contributed by atoms with van der Waals surface area (Å²) in [7, 11) is 1.66. The molecule has 0 saturated carbocycles. The lowest BCUT2D eigenvalue weighted by Crippen LogP contribution is -1.95. The predicted octanol–water partition coefficient (Wildman–Crippen LogP) is 3.14. The van der Waals surface area contributed by atoms with E-state index in [1.54, 1.807) is 13.3 Å². The summed E-state index contributed by atoms with van der Waals surface area (Å²) in [6.07, 6.45) is 3.62. The Morgan fingerprint density at radius 2 is 2.00 bits per heavy atom. The molecule has 0 bridgehead atoms. The zero-order valence-corrected chi connectivity index (χ0v) is 9.40. The molecule has 0 aliphatic carbocycles. The monoisotopic (exact) mass is 214 g/mol. The van der Waals surface area contributed by atoms with E-state index in [1.807, 2.05) is 43.5 Å². The van der Waals surface area contributed by atoms with Crippen molar-refractivity contribution in [3.63, 3.8) is 0 Å². The number of aryl methyl sites for hydroxylation is 1. The summed E-state index contributed by atoms with van der Waals surface area (Å²) < 4.78 is 5.26. The summed E-state index contributed by atoms with van der Waals surface area (Å²) in [5.41, 5.74) is 3.03. The van der Waals surface area contributed by atoms with Crippen molar-refractivity contribution in [1.82, 2.24) is 4.98 Å². The maximum atomic E-state index is 5.26. The van der Waals surface area contributed by atoms with Crippen LogP contribution in [-0.2, 0) is 0 Å². The summed E-state index contributed by atoms with van der Waals surface area (Å²) in [4.78, 5) is 4.13. The second-order valence-corrected chi connectivity index (χ2v) is 3.58. The van der Waals surface area contributed by atoms with E-state index < -0.39 is 0 Å². The fourth-order valence-corrected chi connectivity index (χ4v) is 1.53. The van der Waals surface area contributed by atoms with E-state index in [2.05, 4.69) is 10.3 Å². The first kappa shape index (κ1) is 10.5. The average Bonchev–Trinajstić information content (AvgIpc) is 2.30. The molecule has 16 heavy (non-hydrogen) atoms. The van der Waals surface area contributed by atoms with Gasteiger partial charge >= 0.3 is 0 Å². The number of methoxy groups -OCH3 is 1. The number of pyridine rings is 1. The molecule has 3 nitrogen and oxygen atoms in total. The van der Waals surface area contributed by atoms with Crippen molar-refractivity contribution >= 4 is 11.4 Å². The van der Waals surface area contributed by atoms with Crippen LogP contribution in [0, 0.1) is 6.92 Å². The van der Waals surface area contributed by atoms with Gasteiger partial charge in [-0.2, -0.15) is 0 Å². The van der Waals surface area contributed by atoms with Crippen molar-refractivity contribution < 1.29 is 4.74 Å². The van der Waals surface area contributed by atoms with E-state index in [0.717, 1.165) is 22.7 Å². The number of aromatic nitrogens is 1. The van der Waals surface area contributed by atoms with Crippen LogP contribution in [0.25, 0.3) is 0 Å². The standard InChI is InChI=1S/C13H14N2O/c1-10-7-11(9-14-8-10)15-12-5-3-4-6-13(12)16-2/h3-9,15H,1-2H3. The van der Waals surface area contributed by atoms with Crippen LogP contribution >= 0.6 is 0 Å². The zero-order valence-electron chi connectivity index (χ0n) is 9.40. The van der Waals surface area contributed by atoms with E-state index in [4.69, 9.17) is 4.74 Å². The van der Waals surface area contributed by atoms with Crippen LogP contribution in [0.4, 0.5) is 11.4 Å². The number of benzene rings is 1. The normalized spacial score (nSPS) is 9.88. The van der Waals surface area contributed by atoms with Crippen molar-refractivity contribution in [2.45, 2.75) is 6.92 Å². The van der Waals surface area contributed by atoms with Crippen molar-refractivity contribution in [1.29, 1.82) is 0 Å². The molecule has 0 spiro atoms. The van der Waals surface area contributed by atoms with Crippen LogP contribution in [0.1, 0.15) is 5.56 Å². The molecule has 0 amide bonds. The minimum atomic E-state index is 0.823. The second kappa shape index (κ2) is 4.66. The Bertz CT molecular complexity index is 483. The van der Waals surface area contributed by atoms with Crippen LogP contribution in [0.3, 0.4) is 0 Å². The lowest BCUT2D eigenvalue weighted by molar-refractivity contribution is 0.417. The maximum absolute atomic E-state index is 5.26. The van der Waals surface area contributed by atoms with Gasteiger partial charge < -0.3 is 10.1 Å². The first-order valence-corrected chi connectivity index (χ1v) is 5.11. The summed E-state index contributed by atoms with van der Waals surface area (Å²) in [5, 5.41) is 3.28. The highest BCUT2D eigenvalue weighted by Gasteiger charge is 2.01. The molecular formula is C13H14N2O. The molecule has 0 radical (unpaired) electrons. The summed E-state index contributed by atoms with van der Waals surface area (Å²) in [6.45, 7) is 2.01. The number of anilines is 2. The molecule has 0 aliphatic heterocycles. The molecule has 1 heterocycles. The first-order valence-electron chi connectivity index (χ1n) is 5.11. The molecule has 0 aliphatic rings. The van der Waals surface area contributed by atoms with Crippen molar-refractivity contribution in [3.05, 3.63) is 48.3 Å². The molecule has 0 unspecified atom stereocenters. The molecule has 2 aromatic rings. The largest absolute Gasteiger partial charge is 0.495 e. The maximum Gasteiger partial charge on any atom is 0.142 e. The van der Waals surface area contributed by atoms with Gasteiger partial charge in [0.15, 0.2) is 0 Å². The predicted molar refractivity (Wildman–Crippen MR) is 65.3 cm³/mol. The second-order valence-electron chi connectivity index (χ2n) is 3.58. The molecule has 1 aromatic carbocycles. The smallest absolute Gasteiger partial charge is 0.142 e. The van der Waals surface area contributed by atoms with Gasteiger partial charge in [-0.05, 0) is 30.7 Å². The lowest BCUT2D eigenvalue weighted by Gasteiger charge is -2.10. The van der Waals surface area contributed by atoms with Crippen LogP contribution in [0.5, 0.6) is 5.75 Å². The molecule has 0 fully saturated rings. The Hall–Kier alpha value is -2.03. The SMILES string of the molecule is COc1ccccc1Nc1cncc(C)c1. The number of para-hydroxylation sites is 2. The molecule has 1 N–H and O–H groups in total. The Morgan fingerprint density at radius 1 is 1.19 bits per heavy atom. The van der Waals surface area contributed by atoms with Gasteiger partial charge in [-0.1, -0.05) is 12.1 Å².